The highest BCUT2D eigenvalue weighted by molar-refractivity contribution is 5.20. The van der Waals surface area contributed by atoms with Gasteiger partial charge in [-0.05, 0) is 26.0 Å². The van der Waals surface area contributed by atoms with Crippen LogP contribution in [0, 0.1) is 0 Å². The molecule has 0 fully saturated rings. The van der Waals surface area contributed by atoms with Crippen LogP contribution < -0.4 is 10.1 Å². The van der Waals surface area contributed by atoms with Crippen molar-refractivity contribution in [2.45, 2.75) is 20.1 Å². The Kier molecular flexibility index (Phi) is 8.21. The van der Waals surface area contributed by atoms with Crippen molar-refractivity contribution in [3.8, 4) is 5.75 Å². The van der Waals surface area contributed by atoms with Gasteiger partial charge in [0, 0.05) is 26.3 Å². The summed E-state index contributed by atoms with van der Waals surface area (Å²) in [7, 11) is 0. The predicted octanol–water partition coefficient (Wildman–Crippen LogP) is 2.05. The van der Waals surface area contributed by atoms with Crippen molar-refractivity contribution in [1.29, 1.82) is 0 Å². The van der Waals surface area contributed by atoms with Crippen molar-refractivity contribution >= 4 is 0 Å². The summed E-state index contributed by atoms with van der Waals surface area (Å²) >= 11 is 0. The fourth-order valence-corrected chi connectivity index (χ4v) is 1.52. The first-order valence-corrected chi connectivity index (χ1v) is 6.48. The lowest BCUT2D eigenvalue weighted by Gasteiger charge is -2.17. The van der Waals surface area contributed by atoms with Crippen LogP contribution in [0.2, 0.25) is 0 Å². The van der Waals surface area contributed by atoms with E-state index in [1.54, 1.807) is 0 Å². The number of ether oxygens (including phenoxy) is 3. The molecule has 0 amide bonds. The number of hydrogen-bond donors (Lipinski definition) is 1. The van der Waals surface area contributed by atoms with Gasteiger partial charge in [0.05, 0.1) is 0 Å². The number of rotatable bonds is 10. The Labute approximate surface area is 109 Å². The predicted molar refractivity (Wildman–Crippen MR) is 71.8 cm³/mol. The normalized spacial score (nSPS) is 10.8. The second-order valence-corrected chi connectivity index (χ2v) is 3.71. The molecular formula is C14H23NO3. The zero-order chi connectivity index (χ0) is 13.1. The van der Waals surface area contributed by atoms with Gasteiger partial charge >= 0.3 is 0 Å². The third kappa shape index (κ3) is 6.59. The Hall–Kier alpha value is -1.10. The van der Waals surface area contributed by atoms with Gasteiger partial charge in [0.15, 0.2) is 6.29 Å². The average molecular weight is 253 g/mol. The van der Waals surface area contributed by atoms with E-state index >= 15 is 0 Å². The van der Waals surface area contributed by atoms with Gasteiger partial charge in [0.1, 0.15) is 12.4 Å². The number of nitrogens with one attached hydrogen (secondary N) is 1. The Balaban J connectivity index is 2.06. The number of benzene rings is 1. The van der Waals surface area contributed by atoms with Crippen LogP contribution in [0.1, 0.15) is 13.8 Å². The second-order valence-electron chi connectivity index (χ2n) is 3.71. The monoisotopic (exact) mass is 253 g/mol. The largest absolute Gasteiger partial charge is 0.492 e. The molecule has 0 heterocycles. The van der Waals surface area contributed by atoms with Crippen LogP contribution in [-0.2, 0) is 9.47 Å². The molecule has 18 heavy (non-hydrogen) atoms. The molecule has 0 saturated carbocycles. The van der Waals surface area contributed by atoms with Crippen LogP contribution in [0.5, 0.6) is 5.75 Å². The van der Waals surface area contributed by atoms with E-state index in [1.807, 2.05) is 44.2 Å². The molecule has 4 nitrogen and oxygen atoms in total. The van der Waals surface area contributed by atoms with Crippen molar-refractivity contribution in [1.82, 2.24) is 5.32 Å². The summed E-state index contributed by atoms with van der Waals surface area (Å²) in [5, 5.41) is 3.25. The lowest BCUT2D eigenvalue weighted by molar-refractivity contribution is -0.132. The lowest BCUT2D eigenvalue weighted by Crippen LogP contribution is -2.33. The summed E-state index contributed by atoms with van der Waals surface area (Å²) < 4.78 is 16.4. The Morgan fingerprint density at radius 2 is 1.72 bits per heavy atom. The SMILES string of the molecule is CCOC(CNCCOc1ccccc1)OCC. The fourth-order valence-electron chi connectivity index (χ4n) is 1.52. The summed E-state index contributed by atoms with van der Waals surface area (Å²) in [5.74, 6) is 0.894. The minimum atomic E-state index is -0.170. The van der Waals surface area contributed by atoms with Crippen molar-refractivity contribution in [3.05, 3.63) is 30.3 Å². The maximum atomic E-state index is 5.56. The molecule has 0 saturated heterocycles. The lowest BCUT2D eigenvalue weighted by atomic mass is 10.3. The average Bonchev–Trinajstić information content (AvgIpc) is 2.40. The summed E-state index contributed by atoms with van der Waals surface area (Å²) in [6.45, 7) is 7.33. The molecule has 0 unspecified atom stereocenters. The zero-order valence-corrected chi connectivity index (χ0v) is 11.2. The van der Waals surface area contributed by atoms with E-state index in [0.717, 1.165) is 12.3 Å². The Morgan fingerprint density at radius 1 is 1.06 bits per heavy atom. The van der Waals surface area contributed by atoms with Crippen LogP contribution in [0.3, 0.4) is 0 Å². The van der Waals surface area contributed by atoms with E-state index in [4.69, 9.17) is 14.2 Å². The molecule has 1 rings (SSSR count). The van der Waals surface area contributed by atoms with Crippen molar-refractivity contribution in [2.24, 2.45) is 0 Å². The highest BCUT2D eigenvalue weighted by Gasteiger charge is 2.06. The molecule has 1 aromatic rings. The molecule has 1 N–H and O–H groups in total. The Bertz CT molecular complexity index is 286. The standard InChI is InChI=1S/C14H23NO3/c1-3-16-14(17-4-2)12-15-10-11-18-13-8-6-5-7-9-13/h5-9,14-15H,3-4,10-12H2,1-2H3. The molecule has 1 aromatic carbocycles. The van der Waals surface area contributed by atoms with Gasteiger partial charge in [0.25, 0.3) is 0 Å². The topological polar surface area (TPSA) is 39.7 Å². The minimum absolute atomic E-state index is 0.170. The molecule has 0 aliphatic heterocycles. The van der Waals surface area contributed by atoms with Gasteiger partial charge in [-0.15, -0.1) is 0 Å². The Morgan fingerprint density at radius 3 is 2.33 bits per heavy atom. The third-order valence-corrected chi connectivity index (χ3v) is 2.31. The maximum absolute atomic E-state index is 5.56. The molecule has 0 atom stereocenters. The molecule has 0 aromatic heterocycles. The van der Waals surface area contributed by atoms with Gasteiger partial charge in [-0.3, -0.25) is 0 Å². The van der Waals surface area contributed by atoms with E-state index in [2.05, 4.69) is 5.32 Å². The van der Waals surface area contributed by atoms with Crippen LogP contribution in [0.4, 0.5) is 0 Å². The van der Waals surface area contributed by atoms with Crippen molar-refractivity contribution < 1.29 is 14.2 Å². The van der Waals surface area contributed by atoms with E-state index in [1.165, 1.54) is 0 Å². The van der Waals surface area contributed by atoms with Crippen molar-refractivity contribution in [3.63, 3.8) is 0 Å². The first-order valence-electron chi connectivity index (χ1n) is 6.48. The molecule has 0 aliphatic carbocycles. The summed E-state index contributed by atoms with van der Waals surface area (Å²) in [6.07, 6.45) is -0.170. The van der Waals surface area contributed by atoms with E-state index in [9.17, 15) is 0 Å². The van der Waals surface area contributed by atoms with Gasteiger partial charge in [-0.1, -0.05) is 18.2 Å². The van der Waals surface area contributed by atoms with Crippen LogP contribution in [0.25, 0.3) is 0 Å². The highest BCUT2D eigenvalue weighted by Crippen LogP contribution is 2.07. The second kappa shape index (κ2) is 9.88. The molecule has 4 heteroatoms. The van der Waals surface area contributed by atoms with Gasteiger partial charge < -0.3 is 19.5 Å². The third-order valence-electron chi connectivity index (χ3n) is 2.31. The van der Waals surface area contributed by atoms with Crippen LogP contribution in [0.15, 0.2) is 30.3 Å². The van der Waals surface area contributed by atoms with Crippen LogP contribution in [-0.4, -0.2) is 39.2 Å². The molecule has 102 valence electrons. The van der Waals surface area contributed by atoms with E-state index in [0.29, 0.717) is 26.4 Å². The zero-order valence-electron chi connectivity index (χ0n) is 11.2. The quantitative estimate of drug-likeness (QED) is 0.512. The summed E-state index contributed by atoms with van der Waals surface area (Å²) in [4.78, 5) is 0. The van der Waals surface area contributed by atoms with Crippen LogP contribution >= 0.6 is 0 Å². The van der Waals surface area contributed by atoms with Crippen molar-refractivity contribution in [2.75, 3.05) is 32.9 Å². The maximum Gasteiger partial charge on any atom is 0.169 e. The first kappa shape index (κ1) is 15.0. The molecular weight excluding hydrogens is 230 g/mol. The molecule has 0 spiro atoms. The molecule has 0 radical (unpaired) electrons. The molecule has 0 bridgehead atoms. The number of para-hydroxylation sites is 1. The number of hydrogen-bond acceptors (Lipinski definition) is 4. The minimum Gasteiger partial charge on any atom is -0.492 e. The van der Waals surface area contributed by atoms with E-state index in [-0.39, 0.29) is 6.29 Å². The summed E-state index contributed by atoms with van der Waals surface area (Å²) in [6, 6.07) is 9.79. The highest BCUT2D eigenvalue weighted by atomic mass is 16.7. The van der Waals surface area contributed by atoms with Gasteiger partial charge in [-0.2, -0.15) is 0 Å². The first-order chi connectivity index (χ1) is 8.86. The fraction of sp³-hybridized carbons (Fsp3) is 0.571. The van der Waals surface area contributed by atoms with E-state index < -0.39 is 0 Å². The van der Waals surface area contributed by atoms with Gasteiger partial charge in [-0.25, -0.2) is 0 Å². The smallest absolute Gasteiger partial charge is 0.169 e. The summed E-state index contributed by atoms with van der Waals surface area (Å²) in [5.41, 5.74) is 0. The van der Waals surface area contributed by atoms with Gasteiger partial charge in [0.2, 0.25) is 0 Å². The molecule has 0 aliphatic rings.